The van der Waals surface area contributed by atoms with Gasteiger partial charge in [0.05, 0.1) is 4.90 Å². The molecule has 25 heavy (non-hydrogen) atoms. The number of benzene rings is 1. The summed E-state index contributed by atoms with van der Waals surface area (Å²) >= 11 is 0. The molecule has 0 fully saturated rings. The molecule has 0 aliphatic rings. The van der Waals surface area contributed by atoms with E-state index in [2.05, 4.69) is 0 Å². The lowest BCUT2D eigenvalue weighted by Gasteiger charge is -2.19. The zero-order chi connectivity index (χ0) is 19.3. The zero-order valence-corrected chi connectivity index (χ0v) is 14.5. The molecule has 0 bridgehead atoms. The summed E-state index contributed by atoms with van der Waals surface area (Å²) in [7, 11) is -4.57. The van der Waals surface area contributed by atoms with Crippen molar-refractivity contribution in [1.82, 2.24) is 0 Å². The van der Waals surface area contributed by atoms with Gasteiger partial charge in [0.1, 0.15) is 10.1 Å². The molecular weight excluding hydrogens is 367 g/mol. The molecule has 0 spiro atoms. The fourth-order valence-corrected chi connectivity index (χ4v) is 3.20. The molecule has 144 valence electrons. The third-order valence-electron chi connectivity index (χ3n) is 3.84. The van der Waals surface area contributed by atoms with E-state index in [1.54, 1.807) is 13.0 Å². The van der Waals surface area contributed by atoms with Gasteiger partial charge in [0.25, 0.3) is 0 Å². The van der Waals surface area contributed by atoms with Gasteiger partial charge < -0.3 is 4.55 Å². The Morgan fingerprint density at radius 1 is 0.960 bits per heavy atom. The number of hydrogen-bond acceptors (Lipinski definition) is 3. The molecule has 1 rings (SSSR count). The molecule has 0 amide bonds. The van der Waals surface area contributed by atoms with E-state index in [9.17, 15) is 34.9 Å². The summed E-state index contributed by atoms with van der Waals surface area (Å²) in [5, 5.41) is 0. The number of aryl methyl sites for hydroxylation is 2. The van der Waals surface area contributed by atoms with Crippen LogP contribution in [-0.2, 0) is 16.5 Å². The number of unbranched alkanes of at least 4 members (excludes halogenated alkanes) is 4. The first-order valence-corrected chi connectivity index (χ1v) is 9.25. The Morgan fingerprint density at radius 2 is 1.52 bits per heavy atom. The Labute approximate surface area is 144 Å². The van der Waals surface area contributed by atoms with Crippen LogP contribution in [0.3, 0.4) is 0 Å². The lowest BCUT2D eigenvalue weighted by atomic mass is 10.0. The lowest BCUT2D eigenvalue weighted by Crippen LogP contribution is -2.36. The van der Waals surface area contributed by atoms with Crippen LogP contribution in [0.4, 0.5) is 22.0 Å². The molecule has 1 aromatic carbocycles. The quantitative estimate of drug-likeness (QED) is 0.341. The van der Waals surface area contributed by atoms with Crippen LogP contribution in [0.2, 0.25) is 0 Å². The van der Waals surface area contributed by atoms with Crippen molar-refractivity contribution in [2.75, 3.05) is 0 Å². The summed E-state index contributed by atoms with van der Waals surface area (Å²) in [5.74, 6) is -4.66. The Balaban J connectivity index is 2.39. The van der Waals surface area contributed by atoms with E-state index < -0.39 is 28.6 Å². The highest BCUT2D eigenvalue weighted by atomic mass is 32.2. The number of halogens is 5. The number of alkyl halides is 5. The second-order valence-electron chi connectivity index (χ2n) is 6.04. The Bertz CT molecular complexity index is 669. The van der Waals surface area contributed by atoms with E-state index in [0.717, 1.165) is 5.56 Å². The molecule has 0 radical (unpaired) electrons. The van der Waals surface area contributed by atoms with Crippen molar-refractivity contribution in [3.8, 4) is 0 Å². The van der Waals surface area contributed by atoms with Gasteiger partial charge in [-0.2, -0.15) is 22.0 Å². The van der Waals surface area contributed by atoms with Crippen LogP contribution in [0.5, 0.6) is 0 Å². The molecule has 0 atom stereocenters. The van der Waals surface area contributed by atoms with Crippen molar-refractivity contribution < 1.29 is 34.9 Å². The van der Waals surface area contributed by atoms with Crippen molar-refractivity contribution >= 4 is 10.1 Å². The zero-order valence-electron chi connectivity index (χ0n) is 13.7. The average molecular weight is 387 g/mol. The molecule has 9 heteroatoms. The van der Waals surface area contributed by atoms with E-state index in [-0.39, 0.29) is 17.7 Å². The molecule has 0 saturated heterocycles. The Kier molecular flexibility index (Phi) is 7.37. The number of hydrogen-bond donors (Lipinski definition) is 0. The predicted octanol–water partition coefficient (Wildman–Crippen LogP) is 4.98. The van der Waals surface area contributed by atoms with Gasteiger partial charge in [-0.05, 0) is 37.8 Å². The van der Waals surface area contributed by atoms with E-state index >= 15 is 0 Å². The molecule has 0 unspecified atom stereocenters. The summed E-state index contributed by atoms with van der Waals surface area (Å²) in [6.45, 7) is 1.76. The minimum absolute atomic E-state index is 0.228. The maximum Gasteiger partial charge on any atom is 0.453 e. The average Bonchev–Trinajstić information content (AvgIpc) is 2.43. The summed E-state index contributed by atoms with van der Waals surface area (Å²) < 4.78 is 95.0. The van der Waals surface area contributed by atoms with E-state index in [1.807, 2.05) is 0 Å². The molecule has 0 aliphatic heterocycles. The standard InChI is InChI=1S/C16H21F5O3S/c1-12-8-9-14(25(22,23)24)13(11-12)7-5-3-2-4-6-10-15(17,18)16(19,20)21/h8-9,11H,2-7,10H2,1H3,(H,22,23,24)/p-1. The van der Waals surface area contributed by atoms with Gasteiger partial charge >= 0.3 is 12.1 Å². The van der Waals surface area contributed by atoms with E-state index in [0.29, 0.717) is 31.2 Å². The first kappa shape index (κ1) is 21.8. The van der Waals surface area contributed by atoms with Crippen molar-refractivity contribution in [2.45, 2.75) is 68.9 Å². The lowest BCUT2D eigenvalue weighted by molar-refractivity contribution is -0.284. The molecule has 0 heterocycles. The van der Waals surface area contributed by atoms with Crippen LogP contribution < -0.4 is 0 Å². The van der Waals surface area contributed by atoms with Gasteiger partial charge in [-0.25, -0.2) is 8.42 Å². The fourth-order valence-electron chi connectivity index (χ4n) is 2.48. The van der Waals surface area contributed by atoms with Crippen LogP contribution in [0.15, 0.2) is 23.1 Å². The summed E-state index contributed by atoms with van der Waals surface area (Å²) in [6, 6.07) is 4.38. The van der Waals surface area contributed by atoms with Crippen LogP contribution in [-0.4, -0.2) is 25.1 Å². The monoisotopic (exact) mass is 387 g/mol. The molecular formula is C16H20F5O3S-. The third-order valence-corrected chi connectivity index (χ3v) is 4.77. The summed E-state index contributed by atoms with van der Waals surface area (Å²) in [4.78, 5) is -0.275. The topological polar surface area (TPSA) is 57.2 Å². The maximum atomic E-state index is 12.7. The highest BCUT2D eigenvalue weighted by Crippen LogP contribution is 2.39. The van der Waals surface area contributed by atoms with Crippen LogP contribution >= 0.6 is 0 Å². The summed E-state index contributed by atoms with van der Waals surface area (Å²) in [6.07, 6.45) is -4.91. The third kappa shape index (κ3) is 6.89. The van der Waals surface area contributed by atoms with Crippen molar-refractivity contribution in [3.63, 3.8) is 0 Å². The van der Waals surface area contributed by atoms with Crippen molar-refractivity contribution in [3.05, 3.63) is 29.3 Å². The second kappa shape index (κ2) is 8.44. The Hall–Kier alpha value is -1.22. The first-order valence-electron chi connectivity index (χ1n) is 7.84. The molecule has 0 N–H and O–H groups in total. The minimum Gasteiger partial charge on any atom is -0.744 e. The molecule has 3 nitrogen and oxygen atoms in total. The molecule has 1 aromatic rings. The van der Waals surface area contributed by atoms with E-state index in [1.165, 1.54) is 12.1 Å². The van der Waals surface area contributed by atoms with Gasteiger partial charge in [0, 0.05) is 6.42 Å². The highest BCUT2D eigenvalue weighted by molar-refractivity contribution is 7.85. The second-order valence-corrected chi connectivity index (χ2v) is 7.38. The molecule has 0 saturated carbocycles. The van der Waals surface area contributed by atoms with Crippen molar-refractivity contribution in [2.24, 2.45) is 0 Å². The fraction of sp³-hybridized carbons (Fsp3) is 0.625. The maximum absolute atomic E-state index is 12.7. The van der Waals surface area contributed by atoms with Crippen LogP contribution in [0, 0.1) is 6.92 Å². The molecule has 0 aromatic heterocycles. The SMILES string of the molecule is Cc1ccc(S(=O)(=O)[O-])c(CCCCCCCC(F)(F)C(F)(F)F)c1. The molecule has 0 aliphatic carbocycles. The van der Waals surface area contributed by atoms with E-state index in [4.69, 9.17) is 0 Å². The minimum atomic E-state index is -5.52. The van der Waals surface area contributed by atoms with Crippen LogP contribution in [0.25, 0.3) is 0 Å². The predicted molar refractivity (Wildman–Crippen MR) is 81.6 cm³/mol. The van der Waals surface area contributed by atoms with Crippen LogP contribution in [0.1, 0.15) is 49.7 Å². The van der Waals surface area contributed by atoms with Gasteiger partial charge in [-0.3, -0.25) is 0 Å². The smallest absolute Gasteiger partial charge is 0.453 e. The number of rotatable bonds is 9. The highest BCUT2D eigenvalue weighted by Gasteiger charge is 2.56. The van der Waals surface area contributed by atoms with Gasteiger partial charge in [0.15, 0.2) is 0 Å². The normalized spacial score (nSPS) is 13.2. The first-order chi connectivity index (χ1) is 11.3. The largest absolute Gasteiger partial charge is 0.744 e. The van der Waals surface area contributed by atoms with Crippen molar-refractivity contribution in [1.29, 1.82) is 0 Å². The van der Waals surface area contributed by atoms with Gasteiger partial charge in [-0.15, -0.1) is 0 Å². The van der Waals surface area contributed by atoms with Gasteiger partial charge in [0.2, 0.25) is 0 Å². The van der Waals surface area contributed by atoms with Gasteiger partial charge in [-0.1, -0.05) is 37.0 Å². The Morgan fingerprint density at radius 3 is 2.08 bits per heavy atom. The summed E-state index contributed by atoms with van der Waals surface area (Å²) in [5.41, 5.74) is 1.20.